The number of benzene rings is 1. The predicted octanol–water partition coefficient (Wildman–Crippen LogP) is 1.77. The van der Waals surface area contributed by atoms with Gasteiger partial charge in [0.25, 0.3) is 0 Å². The summed E-state index contributed by atoms with van der Waals surface area (Å²) < 4.78 is 1.26. The minimum Gasteiger partial charge on any atom is -0.480 e. The Bertz CT molecular complexity index is 677. The fraction of sp³-hybridized carbons (Fsp3) is 0.267. The number of hydrogen-bond donors (Lipinski definition) is 2. The summed E-state index contributed by atoms with van der Waals surface area (Å²) in [7, 11) is 0. The number of rotatable bonds is 5. The van der Waals surface area contributed by atoms with Gasteiger partial charge in [0.15, 0.2) is 0 Å². The van der Waals surface area contributed by atoms with Crippen LogP contribution in [-0.4, -0.2) is 26.8 Å². The second-order valence-corrected chi connectivity index (χ2v) is 4.98. The van der Waals surface area contributed by atoms with Crippen molar-refractivity contribution in [3.05, 3.63) is 47.3 Å². The van der Waals surface area contributed by atoms with Gasteiger partial charge in [-0.1, -0.05) is 23.8 Å². The summed E-state index contributed by atoms with van der Waals surface area (Å²) in [4.78, 5) is 22.6. The fourth-order valence-electron chi connectivity index (χ4n) is 2.02. The molecule has 0 saturated heterocycles. The number of carboxylic acids is 1. The topological polar surface area (TPSA) is 84.2 Å². The van der Waals surface area contributed by atoms with E-state index in [0.29, 0.717) is 5.69 Å². The van der Waals surface area contributed by atoms with Crippen molar-refractivity contribution in [3.63, 3.8) is 0 Å². The monoisotopic (exact) mass is 287 g/mol. The summed E-state index contributed by atoms with van der Waals surface area (Å²) in [6, 6.07) is 5.98. The van der Waals surface area contributed by atoms with Crippen LogP contribution in [0.15, 0.2) is 30.6 Å². The highest BCUT2D eigenvalue weighted by Gasteiger charge is 2.09. The van der Waals surface area contributed by atoms with E-state index >= 15 is 0 Å². The van der Waals surface area contributed by atoms with Crippen LogP contribution in [0.1, 0.15) is 16.7 Å². The lowest BCUT2D eigenvalue weighted by atomic mass is 10.0. The van der Waals surface area contributed by atoms with Crippen LogP contribution in [0.4, 0.5) is 5.69 Å². The molecule has 1 heterocycles. The molecule has 2 rings (SSSR count). The second kappa shape index (κ2) is 6.21. The van der Waals surface area contributed by atoms with Gasteiger partial charge in [0.2, 0.25) is 5.91 Å². The average Bonchev–Trinajstić information content (AvgIpc) is 2.80. The molecule has 1 aromatic heterocycles. The van der Waals surface area contributed by atoms with E-state index in [1.807, 2.05) is 32.0 Å². The molecule has 0 atom stereocenters. The first-order valence-corrected chi connectivity index (χ1v) is 6.54. The number of aryl methyl sites for hydroxylation is 2. The molecule has 0 saturated carbocycles. The van der Waals surface area contributed by atoms with Crippen molar-refractivity contribution in [2.45, 2.75) is 26.8 Å². The van der Waals surface area contributed by atoms with Crippen LogP contribution in [0.5, 0.6) is 0 Å². The molecule has 0 radical (unpaired) electrons. The largest absolute Gasteiger partial charge is 0.480 e. The summed E-state index contributed by atoms with van der Waals surface area (Å²) >= 11 is 0. The zero-order chi connectivity index (χ0) is 15.4. The molecule has 6 nitrogen and oxygen atoms in total. The molecule has 1 amide bonds. The van der Waals surface area contributed by atoms with E-state index in [9.17, 15) is 9.59 Å². The molecular formula is C15H17N3O3. The van der Waals surface area contributed by atoms with Gasteiger partial charge in [0, 0.05) is 6.20 Å². The molecule has 110 valence electrons. The van der Waals surface area contributed by atoms with Crippen LogP contribution >= 0.6 is 0 Å². The standard InChI is InChI=1S/C15H17N3O3/c1-10-3-4-11(2)12(5-10)6-14(19)17-13-7-16-18(8-13)9-15(20)21/h3-5,7-8H,6,9H2,1-2H3,(H,17,19)(H,20,21). The zero-order valence-corrected chi connectivity index (χ0v) is 12.0. The third-order valence-corrected chi connectivity index (χ3v) is 3.07. The Kier molecular flexibility index (Phi) is 4.37. The van der Waals surface area contributed by atoms with Crippen molar-refractivity contribution < 1.29 is 14.7 Å². The van der Waals surface area contributed by atoms with Crippen LogP contribution in [0.3, 0.4) is 0 Å². The molecule has 0 aliphatic heterocycles. The van der Waals surface area contributed by atoms with E-state index < -0.39 is 5.97 Å². The number of carboxylic acid groups (broad SMARTS) is 1. The quantitative estimate of drug-likeness (QED) is 0.877. The number of carbonyl (C=O) groups is 2. The summed E-state index contributed by atoms with van der Waals surface area (Å²) in [6.45, 7) is 3.72. The summed E-state index contributed by atoms with van der Waals surface area (Å²) in [5, 5.41) is 15.2. The van der Waals surface area contributed by atoms with E-state index in [1.54, 1.807) is 0 Å². The van der Waals surface area contributed by atoms with Gasteiger partial charge in [-0.15, -0.1) is 0 Å². The molecule has 0 aliphatic carbocycles. The molecule has 2 aromatic rings. The Morgan fingerprint density at radius 3 is 2.81 bits per heavy atom. The van der Waals surface area contributed by atoms with Gasteiger partial charge in [-0.2, -0.15) is 5.10 Å². The van der Waals surface area contributed by atoms with E-state index in [4.69, 9.17) is 5.11 Å². The Hall–Kier alpha value is -2.63. The molecule has 21 heavy (non-hydrogen) atoms. The molecule has 0 fully saturated rings. The van der Waals surface area contributed by atoms with Gasteiger partial charge in [-0.05, 0) is 25.0 Å². The average molecular weight is 287 g/mol. The summed E-state index contributed by atoms with van der Waals surface area (Å²) in [6.07, 6.45) is 3.21. The minimum atomic E-state index is -0.980. The normalized spacial score (nSPS) is 10.4. The molecule has 0 bridgehead atoms. The van der Waals surface area contributed by atoms with Crippen LogP contribution in [0.25, 0.3) is 0 Å². The van der Waals surface area contributed by atoms with Crippen molar-refractivity contribution in [2.24, 2.45) is 0 Å². The van der Waals surface area contributed by atoms with Crippen molar-refractivity contribution in [2.75, 3.05) is 5.32 Å². The molecule has 0 spiro atoms. The first-order chi connectivity index (χ1) is 9.94. The van der Waals surface area contributed by atoms with Gasteiger partial charge in [0.05, 0.1) is 18.3 Å². The maximum atomic E-state index is 12.0. The van der Waals surface area contributed by atoms with Crippen molar-refractivity contribution in [1.82, 2.24) is 9.78 Å². The summed E-state index contributed by atoms with van der Waals surface area (Å²) in [5.74, 6) is -1.13. The van der Waals surface area contributed by atoms with Gasteiger partial charge < -0.3 is 10.4 Å². The third-order valence-electron chi connectivity index (χ3n) is 3.07. The van der Waals surface area contributed by atoms with Crippen LogP contribution < -0.4 is 5.32 Å². The SMILES string of the molecule is Cc1ccc(C)c(CC(=O)Nc2cnn(CC(=O)O)c2)c1. The van der Waals surface area contributed by atoms with Crippen LogP contribution in [0, 0.1) is 13.8 Å². The Labute approximate surface area is 122 Å². The molecule has 6 heteroatoms. The number of aromatic nitrogens is 2. The highest BCUT2D eigenvalue weighted by atomic mass is 16.4. The van der Waals surface area contributed by atoms with Crippen molar-refractivity contribution >= 4 is 17.6 Å². The lowest BCUT2D eigenvalue weighted by molar-refractivity contribution is -0.137. The van der Waals surface area contributed by atoms with E-state index in [1.165, 1.54) is 17.1 Å². The smallest absolute Gasteiger partial charge is 0.325 e. The number of nitrogens with one attached hydrogen (secondary N) is 1. The third kappa shape index (κ3) is 4.17. The van der Waals surface area contributed by atoms with E-state index in [2.05, 4.69) is 10.4 Å². The maximum absolute atomic E-state index is 12.0. The number of aliphatic carboxylic acids is 1. The number of nitrogens with zero attached hydrogens (tertiary/aromatic N) is 2. The summed E-state index contributed by atoms with van der Waals surface area (Å²) in [5.41, 5.74) is 3.65. The number of anilines is 1. The minimum absolute atomic E-state index is 0.154. The first-order valence-electron chi connectivity index (χ1n) is 6.54. The van der Waals surface area contributed by atoms with E-state index in [-0.39, 0.29) is 18.9 Å². The van der Waals surface area contributed by atoms with Crippen LogP contribution in [-0.2, 0) is 22.6 Å². The van der Waals surface area contributed by atoms with Crippen LogP contribution in [0.2, 0.25) is 0 Å². The van der Waals surface area contributed by atoms with Crippen molar-refractivity contribution in [1.29, 1.82) is 0 Å². The number of carbonyl (C=O) groups excluding carboxylic acids is 1. The zero-order valence-electron chi connectivity index (χ0n) is 12.0. The Morgan fingerprint density at radius 1 is 1.33 bits per heavy atom. The van der Waals surface area contributed by atoms with Gasteiger partial charge in [-0.3, -0.25) is 14.3 Å². The Balaban J connectivity index is 2.00. The molecule has 0 unspecified atom stereocenters. The molecule has 1 aromatic carbocycles. The van der Waals surface area contributed by atoms with Crippen molar-refractivity contribution in [3.8, 4) is 0 Å². The Morgan fingerprint density at radius 2 is 2.10 bits per heavy atom. The number of hydrogen-bond acceptors (Lipinski definition) is 3. The highest BCUT2D eigenvalue weighted by molar-refractivity contribution is 5.92. The molecule has 0 aliphatic rings. The van der Waals surface area contributed by atoms with Gasteiger partial charge >= 0.3 is 5.97 Å². The highest BCUT2D eigenvalue weighted by Crippen LogP contribution is 2.13. The fourth-order valence-corrected chi connectivity index (χ4v) is 2.02. The van der Waals surface area contributed by atoms with Gasteiger partial charge in [-0.25, -0.2) is 0 Å². The maximum Gasteiger partial charge on any atom is 0.325 e. The van der Waals surface area contributed by atoms with Gasteiger partial charge in [0.1, 0.15) is 6.54 Å². The first kappa shape index (κ1) is 14.8. The molecular weight excluding hydrogens is 270 g/mol. The van der Waals surface area contributed by atoms with E-state index in [0.717, 1.165) is 16.7 Å². The lowest BCUT2D eigenvalue weighted by Crippen LogP contribution is -2.15. The second-order valence-electron chi connectivity index (χ2n) is 4.98. The lowest BCUT2D eigenvalue weighted by Gasteiger charge is -2.07. The number of amides is 1. The molecule has 2 N–H and O–H groups in total. The predicted molar refractivity (Wildman–Crippen MR) is 78.1 cm³/mol.